The molecule has 29 heavy (non-hydrogen) atoms. The predicted octanol–water partition coefficient (Wildman–Crippen LogP) is 4.00. The number of aliphatic imine (C=N–C) groups is 1. The van der Waals surface area contributed by atoms with E-state index in [4.69, 9.17) is 9.73 Å². The van der Waals surface area contributed by atoms with Gasteiger partial charge in [0, 0.05) is 31.7 Å². The summed E-state index contributed by atoms with van der Waals surface area (Å²) in [4.78, 5) is 4.77. The van der Waals surface area contributed by atoms with Crippen molar-refractivity contribution in [2.24, 2.45) is 12.0 Å². The average Bonchev–Trinajstić information content (AvgIpc) is 3.15. The Labute approximate surface area is 191 Å². The standard InChI is InChI=1S/C22H33N5O.HI/c1-4-23-21(24-16-19-12-15-26-27(19)2)25-17-22(13-6-5-7-14-22)18-8-10-20(28-3)11-9-18;/h8-12,15H,4-7,13-14,16-17H2,1-3H3,(H2,23,24,25);1H. The van der Waals surface area contributed by atoms with Gasteiger partial charge in [0.15, 0.2) is 5.96 Å². The van der Waals surface area contributed by atoms with Crippen molar-refractivity contribution < 1.29 is 4.74 Å². The molecule has 0 unspecified atom stereocenters. The number of methoxy groups -OCH3 is 1. The number of aryl methyl sites for hydroxylation is 1. The number of hydrogen-bond acceptors (Lipinski definition) is 3. The van der Waals surface area contributed by atoms with Gasteiger partial charge in [-0.25, -0.2) is 4.99 Å². The van der Waals surface area contributed by atoms with E-state index in [-0.39, 0.29) is 29.4 Å². The van der Waals surface area contributed by atoms with E-state index in [0.29, 0.717) is 6.54 Å². The predicted molar refractivity (Wildman–Crippen MR) is 129 cm³/mol. The van der Waals surface area contributed by atoms with Crippen LogP contribution in [0, 0.1) is 0 Å². The van der Waals surface area contributed by atoms with Crippen LogP contribution in [-0.4, -0.2) is 35.9 Å². The van der Waals surface area contributed by atoms with Crippen molar-refractivity contribution in [1.82, 2.24) is 20.4 Å². The van der Waals surface area contributed by atoms with Crippen molar-refractivity contribution in [2.45, 2.75) is 51.0 Å². The van der Waals surface area contributed by atoms with E-state index in [1.165, 1.54) is 37.7 Å². The van der Waals surface area contributed by atoms with E-state index in [0.717, 1.165) is 30.5 Å². The quantitative estimate of drug-likeness (QED) is 0.335. The monoisotopic (exact) mass is 511 g/mol. The molecule has 0 spiro atoms. The van der Waals surface area contributed by atoms with Crippen molar-refractivity contribution in [1.29, 1.82) is 0 Å². The molecule has 6 nitrogen and oxygen atoms in total. The molecule has 3 rings (SSSR count). The fourth-order valence-electron chi connectivity index (χ4n) is 4.05. The van der Waals surface area contributed by atoms with Gasteiger partial charge in [0.2, 0.25) is 0 Å². The Bertz CT molecular complexity index is 766. The number of nitrogens with zero attached hydrogens (tertiary/aromatic N) is 3. The molecule has 0 atom stereocenters. The van der Waals surface area contributed by atoms with Crippen LogP contribution in [0.1, 0.15) is 50.3 Å². The summed E-state index contributed by atoms with van der Waals surface area (Å²) in [5.41, 5.74) is 2.63. The minimum atomic E-state index is 0. The minimum Gasteiger partial charge on any atom is -0.497 e. The second-order valence-corrected chi connectivity index (χ2v) is 7.56. The molecule has 1 aromatic heterocycles. The van der Waals surface area contributed by atoms with Crippen molar-refractivity contribution in [3.05, 3.63) is 47.8 Å². The van der Waals surface area contributed by atoms with Gasteiger partial charge in [0.05, 0.1) is 19.3 Å². The molecular formula is C22H34IN5O. The van der Waals surface area contributed by atoms with Gasteiger partial charge < -0.3 is 15.4 Å². The van der Waals surface area contributed by atoms with Crippen LogP contribution in [0.25, 0.3) is 0 Å². The molecule has 1 saturated carbocycles. The number of benzene rings is 1. The van der Waals surface area contributed by atoms with E-state index in [9.17, 15) is 0 Å². The fourth-order valence-corrected chi connectivity index (χ4v) is 4.05. The Balaban J connectivity index is 0.00000300. The number of hydrogen-bond donors (Lipinski definition) is 2. The summed E-state index contributed by atoms with van der Waals surface area (Å²) < 4.78 is 7.21. The lowest BCUT2D eigenvalue weighted by molar-refractivity contribution is 0.291. The van der Waals surface area contributed by atoms with Crippen molar-refractivity contribution in [3.63, 3.8) is 0 Å². The van der Waals surface area contributed by atoms with Gasteiger partial charge >= 0.3 is 0 Å². The summed E-state index contributed by atoms with van der Waals surface area (Å²) in [5, 5.41) is 11.2. The summed E-state index contributed by atoms with van der Waals surface area (Å²) in [6, 6.07) is 10.6. The van der Waals surface area contributed by atoms with Gasteiger partial charge in [0.1, 0.15) is 5.75 Å². The lowest BCUT2D eigenvalue weighted by atomic mass is 9.69. The molecule has 0 bridgehead atoms. The van der Waals surface area contributed by atoms with Crippen LogP contribution in [-0.2, 0) is 19.0 Å². The SMILES string of the molecule is CCNC(=NCc1ccnn1C)NCC1(c2ccc(OC)cc2)CCCCC1.I. The van der Waals surface area contributed by atoms with E-state index < -0.39 is 0 Å². The summed E-state index contributed by atoms with van der Waals surface area (Å²) in [6.45, 7) is 4.44. The molecule has 2 N–H and O–H groups in total. The maximum absolute atomic E-state index is 5.34. The number of aromatic nitrogens is 2. The van der Waals surface area contributed by atoms with Crippen LogP contribution < -0.4 is 15.4 Å². The van der Waals surface area contributed by atoms with Gasteiger partial charge in [-0.05, 0) is 43.5 Å². The van der Waals surface area contributed by atoms with Crippen LogP contribution in [0.15, 0.2) is 41.5 Å². The van der Waals surface area contributed by atoms with Crippen LogP contribution in [0.4, 0.5) is 0 Å². The number of rotatable bonds is 7. The summed E-state index contributed by atoms with van der Waals surface area (Å²) in [7, 11) is 3.67. The normalized spacial score (nSPS) is 16.0. The number of ether oxygens (including phenoxy) is 1. The third kappa shape index (κ3) is 6.10. The fraction of sp³-hybridized carbons (Fsp3) is 0.545. The molecular weight excluding hydrogens is 477 g/mol. The molecule has 1 aliphatic rings. The Morgan fingerprint density at radius 3 is 2.45 bits per heavy atom. The highest BCUT2D eigenvalue weighted by Gasteiger charge is 2.34. The van der Waals surface area contributed by atoms with Crippen molar-refractivity contribution in [3.8, 4) is 5.75 Å². The molecule has 0 saturated heterocycles. The minimum absolute atomic E-state index is 0. The highest BCUT2D eigenvalue weighted by Crippen LogP contribution is 2.39. The topological polar surface area (TPSA) is 63.5 Å². The maximum Gasteiger partial charge on any atom is 0.191 e. The van der Waals surface area contributed by atoms with Gasteiger partial charge in [-0.2, -0.15) is 5.10 Å². The second kappa shape index (κ2) is 11.4. The number of guanidine groups is 1. The highest BCUT2D eigenvalue weighted by atomic mass is 127. The lowest BCUT2D eigenvalue weighted by Gasteiger charge is -2.38. The van der Waals surface area contributed by atoms with E-state index >= 15 is 0 Å². The Morgan fingerprint density at radius 2 is 1.86 bits per heavy atom. The molecule has 0 amide bonds. The third-order valence-corrected chi connectivity index (χ3v) is 5.77. The van der Waals surface area contributed by atoms with Crippen LogP contribution >= 0.6 is 24.0 Å². The molecule has 1 heterocycles. The molecule has 0 radical (unpaired) electrons. The smallest absolute Gasteiger partial charge is 0.191 e. The molecule has 1 aliphatic carbocycles. The van der Waals surface area contributed by atoms with Crippen molar-refractivity contribution >= 4 is 29.9 Å². The summed E-state index contributed by atoms with van der Waals surface area (Å²) in [5.74, 6) is 1.77. The third-order valence-electron chi connectivity index (χ3n) is 5.77. The Kier molecular flexibility index (Phi) is 9.26. The molecule has 0 aliphatic heterocycles. The van der Waals surface area contributed by atoms with E-state index in [1.54, 1.807) is 7.11 Å². The highest BCUT2D eigenvalue weighted by molar-refractivity contribution is 14.0. The summed E-state index contributed by atoms with van der Waals surface area (Å²) in [6.07, 6.45) is 8.09. The first kappa shape index (κ1) is 23.5. The maximum atomic E-state index is 5.34. The van der Waals surface area contributed by atoms with Gasteiger partial charge in [-0.3, -0.25) is 4.68 Å². The average molecular weight is 511 g/mol. The molecule has 1 fully saturated rings. The van der Waals surface area contributed by atoms with E-state index in [2.05, 4.69) is 46.9 Å². The summed E-state index contributed by atoms with van der Waals surface area (Å²) >= 11 is 0. The zero-order valence-corrected chi connectivity index (χ0v) is 20.1. The largest absolute Gasteiger partial charge is 0.497 e. The van der Waals surface area contributed by atoms with E-state index in [1.807, 2.05) is 24.0 Å². The molecule has 1 aromatic carbocycles. The van der Waals surface area contributed by atoms with Crippen LogP contribution in [0.2, 0.25) is 0 Å². The Morgan fingerprint density at radius 1 is 1.14 bits per heavy atom. The first-order valence-electron chi connectivity index (χ1n) is 10.3. The van der Waals surface area contributed by atoms with Gasteiger partial charge in [0.25, 0.3) is 0 Å². The van der Waals surface area contributed by atoms with Crippen LogP contribution in [0.3, 0.4) is 0 Å². The molecule has 160 valence electrons. The van der Waals surface area contributed by atoms with Gasteiger partial charge in [-0.1, -0.05) is 31.4 Å². The molecule has 2 aromatic rings. The number of nitrogens with one attached hydrogen (secondary N) is 2. The lowest BCUT2D eigenvalue weighted by Crippen LogP contribution is -2.46. The first-order chi connectivity index (χ1) is 13.7. The molecule has 7 heteroatoms. The second-order valence-electron chi connectivity index (χ2n) is 7.56. The number of halogens is 1. The Hall–Kier alpha value is -1.77. The van der Waals surface area contributed by atoms with Crippen LogP contribution in [0.5, 0.6) is 5.75 Å². The van der Waals surface area contributed by atoms with Crippen molar-refractivity contribution in [2.75, 3.05) is 20.2 Å². The zero-order chi connectivity index (χ0) is 19.8. The zero-order valence-electron chi connectivity index (χ0n) is 17.8. The first-order valence-corrected chi connectivity index (χ1v) is 10.3. The van der Waals surface area contributed by atoms with Gasteiger partial charge in [-0.15, -0.1) is 24.0 Å².